The maximum absolute atomic E-state index is 13.7. The van der Waals surface area contributed by atoms with Crippen molar-refractivity contribution in [2.45, 2.75) is 11.8 Å². The van der Waals surface area contributed by atoms with Gasteiger partial charge in [0, 0.05) is 5.02 Å². The first kappa shape index (κ1) is 15.1. The van der Waals surface area contributed by atoms with E-state index in [1.807, 2.05) is 0 Å². The highest BCUT2D eigenvalue weighted by atomic mass is 35.5. The SMILES string of the molecule is Cc1c(Cl)cccc1S(=O)(=O)Nc1cccc(Cl)c1F. The van der Waals surface area contributed by atoms with Crippen LogP contribution >= 0.6 is 23.2 Å². The summed E-state index contributed by atoms with van der Waals surface area (Å²) in [5.74, 6) is -0.822. The molecule has 0 aliphatic carbocycles. The van der Waals surface area contributed by atoms with E-state index in [9.17, 15) is 12.8 Å². The Labute approximate surface area is 126 Å². The summed E-state index contributed by atoms with van der Waals surface area (Å²) in [7, 11) is -3.94. The molecular formula is C13H10Cl2FNO2S. The van der Waals surface area contributed by atoms with E-state index in [0.717, 1.165) is 0 Å². The average Bonchev–Trinajstić information content (AvgIpc) is 2.38. The number of rotatable bonds is 3. The number of hydrogen-bond acceptors (Lipinski definition) is 2. The molecule has 2 aromatic carbocycles. The van der Waals surface area contributed by atoms with Crippen molar-refractivity contribution in [1.29, 1.82) is 0 Å². The molecule has 0 saturated carbocycles. The number of nitrogens with one attached hydrogen (secondary N) is 1. The van der Waals surface area contributed by atoms with Gasteiger partial charge >= 0.3 is 0 Å². The molecule has 0 aromatic heterocycles. The maximum atomic E-state index is 13.7. The lowest BCUT2D eigenvalue weighted by atomic mass is 10.2. The van der Waals surface area contributed by atoms with Gasteiger partial charge in [-0.15, -0.1) is 0 Å². The van der Waals surface area contributed by atoms with Crippen LogP contribution in [0.3, 0.4) is 0 Å². The first-order chi connectivity index (χ1) is 9.33. The van der Waals surface area contributed by atoms with Crippen molar-refractivity contribution < 1.29 is 12.8 Å². The molecule has 0 saturated heterocycles. The zero-order valence-electron chi connectivity index (χ0n) is 10.3. The van der Waals surface area contributed by atoms with Gasteiger partial charge in [-0.2, -0.15) is 0 Å². The first-order valence-corrected chi connectivity index (χ1v) is 7.79. The third-order valence-corrected chi connectivity index (χ3v) is 4.91. The summed E-state index contributed by atoms with van der Waals surface area (Å²) in [6, 6.07) is 8.56. The Morgan fingerprint density at radius 3 is 2.35 bits per heavy atom. The lowest BCUT2D eigenvalue weighted by molar-refractivity contribution is 0.598. The van der Waals surface area contributed by atoms with Crippen LogP contribution in [0.5, 0.6) is 0 Å². The van der Waals surface area contributed by atoms with Crippen LogP contribution in [0.25, 0.3) is 0 Å². The van der Waals surface area contributed by atoms with Crippen LogP contribution in [0, 0.1) is 12.7 Å². The monoisotopic (exact) mass is 333 g/mol. The predicted octanol–water partition coefficient (Wildman–Crippen LogP) is 4.24. The molecule has 1 N–H and O–H groups in total. The Kier molecular flexibility index (Phi) is 4.22. The Hall–Kier alpha value is -1.30. The summed E-state index contributed by atoms with van der Waals surface area (Å²) in [5.41, 5.74) is 0.181. The lowest BCUT2D eigenvalue weighted by Crippen LogP contribution is -2.15. The van der Waals surface area contributed by atoms with Gasteiger partial charge in [-0.05, 0) is 36.8 Å². The molecule has 0 spiro atoms. The molecule has 2 rings (SSSR count). The third kappa shape index (κ3) is 2.90. The highest BCUT2D eigenvalue weighted by molar-refractivity contribution is 7.92. The van der Waals surface area contributed by atoms with Gasteiger partial charge in [0.05, 0.1) is 15.6 Å². The second kappa shape index (κ2) is 5.60. The zero-order valence-corrected chi connectivity index (χ0v) is 12.7. The van der Waals surface area contributed by atoms with Crippen LogP contribution < -0.4 is 4.72 Å². The van der Waals surface area contributed by atoms with Crippen LogP contribution in [0.15, 0.2) is 41.3 Å². The number of benzene rings is 2. The molecule has 0 fully saturated rings. The van der Waals surface area contributed by atoms with Crippen molar-refractivity contribution in [3.05, 3.63) is 57.8 Å². The molecule has 0 radical (unpaired) electrons. The van der Waals surface area contributed by atoms with Crippen molar-refractivity contribution in [2.75, 3.05) is 4.72 Å². The van der Waals surface area contributed by atoms with Crippen molar-refractivity contribution in [2.24, 2.45) is 0 Å². The van der Waals surface area contributed by atoms with Gasteiger partial charge in [-0.3, -0.25) is 4.72 Å². The second-order valence-electron chi connectivity index (χ2n) is 4.07. The van der Waals surface area contributed by atoms with Crippen molar-refractivity contribution in [3.63, 3.8) is 0 Å². The van der Waals surface area contributed by atoms with E-state index >= 15 is 0 Å². The molecule has 7 heteroatoms. The highest BCUT2D eigenvalue weighted by Gasteiger charge is 2.20. The molecule has 0 heterocycles. The van der Waals surface area contributed by atoms with E-state index in [4.69, 9.17) is 23.2 Å². The summed E-state index contributed by atoms with van der Waals surface area (Å²) in [6.07, 6.45) is 0. The van der Waals surface area contributed by atoms with Crippen molar-refractivity contribution in [1.82, 2.24) is 0 Å². The van der Waals surface area contributed by atoms with Gasteiger partial charge in [0.1, 0.15) is 0 Å². The van der Waals surface area contributed by atoms with Gasteiger partial charge in [0.25, 0.3) is 10.0 Å². The number of anilines is 1. The topological polar surface area (TPSA) is 46.2 Å². The van der Waals surface area contributed by atoms with Gasteiger partial charge in [0.15, 0.2) is 5.82 Å². The van der Waals surface area contributed by atoms with E-state index in [1.165, 1.54) is 30.3 Å². The number of halogens is 3. The largest absolute Gasteiger partial charge is 0.277 e. The number of sulfonamides is 1. The summed E-state index contributed by atoms with van der Waals surface area (Å²) in [4.78, 5) is -0.00984. The molecule has 0 unspecified atom stereocenters. The van der Waals surface area contributed by atoms with Crippen LogP contribution in [0.1, 0.15) is 5.56 Å². The normalized spacial score (nSPS) is 11.4. The lowest BCUT2D eigenvalue weighted by Gasteiger charge is -2.12. The van der Waals surface area contributed by atoms with Gasteiger partial charge < -0.3 is 0 Å². The van der Waals surface area contributed by atoms with Crippen LogP contribution in [0.4, 0.5) is 10.1 Å². The Balaban J connectivity index is 2.47. The Morgan fingerprint density at radius 1 is 1.05 bits per heavy atom. The van der Waals surface area contributed by atoms with E-state index in [0.29, 0.717) is 10.6 Å². The van der Waals surface area contributed by atoms with E-state index in [1.54, 1.807) is 13.0 Å². The molecule has 106 valence electrons. The fourth-order valence-electron chi connectivity index (χ4n) is 1.66. The minimum absolute atomic E-state index is 0.00984. The van der Waals surface area contributed by atoms with E-state index in [-0.39, 0.29) is 15.6 Å². The summed E-state index contributed by atoms with van der Waals surface area (Å²) < 4.78 is 40.4. The predicted molar refractivity (Wildman–Crippen MR) is 78.4 cm³/mol. The molecule has 0 aliphatic rings. The van der Waals surface area contributed by atoms with Gasteiger partial charge in [0.2, 0.25) is 0 Å². The quantitative estimate of drug-likeness (QED) is 0.912. The molecular weight excluding hydrogens is 324 g/mol. The zero-order chi connectivity index (χ0) is 14.9. The smallest absolute Gasteiger partial charge is 0.262 e. The molecule has 20 heavy (non-hydrogen) atoms. The van der Waals surface area contributed by atoms with Crippen LogP contribution in [0.2, 0.25) is 10.0 Å². The summed E-state index contributed by atoms with van der Waals surface area (Å²) >= 11 is 11.5. The minimum atomic E-state index is -3.94. The average molecular weight is 334 g/mol. The first-order valence-electron chi connectivity index (χ1n) is 5.55. The Morgan fingerprint density at radius 2 is 1.65 bits per heavy atom. The fraction of sp³-hybridized carbons (Fsp3) is 0.0769. The molecule has 0 atom stereocenters. The standard InChI is InChI=1S/C13H10Cl2FNO2S/c1-8-9(14)4-3-7-12(8)20(18,19)17-11-6-2-5-10(15)13(11)16/h2-7,17H,1H3. The fourth-order valence-corrected chi connectivity index (χ4v) is 3.39. The molecule has 0 amide bonds. The molecule has 2 aromatic rings. The van der Waals surface area contributed by atoms with Crippen LogP contribution in [-0.2, 0) is 10.0 Å². The van der Waals surface area contributed by atoms with E-state index in [2.05, 4.69) is 4.72 Å². The van der Waals surface area contributed by atoms with E-state index < -0.39 is 15.8 Å². The van der Waals surface area contributed by atoms with Crippen molar-refractivity contribution >= 4 is 38.9 Å². The van der Waals surface area contributed by atoms with Crippen LogP contribution in [-0.4, -0.2) is 8.42 Å². The minimum Gasteiger partial charge on any atom is -0.277 e. The molecule has 0 aliphatic heterocycles. The van der Waals surface area contributed by atoms with Gasteiger partial charge in [-0.25, -0.2) is 12.8 Å². The van der Waals surface area contributed by atoms with Gasteiger partial charge in [-0.1, -0.05) is 35.3 Å². The summed E-state index contributed by atoms with van der Waals surface area (Å²) in [5, 5.41) is 0.160. The maximum Gasteiger partial charge on any atom is 0.262 e. The molecule has 0 bridgehead atoms. The Bertz CT molecular complexity index is 763. The molecule has 3 nitrogen and oxygen atoms in total. The van der Waals surface area contributed by atoms with Crippen molar-refractivity contribution in [3.8, 4) is 0 Å². The summed E-state index contributed by atoms with van der Waals surface area (Å²) in [6.45, 7) is 1.57. The third-order valence-electron chi connectivity index (χ3n) is 2.70. The highest BCUT2D eigenvalue weighted by Crippen LogP contribution is 2.27. The number of hydrogen-bond donors (Lipinski definition) is 1. The second-order valence-corrected chi connectivity index (χ2v) is 6.54.